The van der Waals surface area contributed by atoms with Gasteiger partial charge in [-0.1, -0.05) is 42.5 Å². The molecule has 1 saturated heterocycles. The lowest BCUT2D eigenvalue weighted by Crippen LogP contribution is -2.48. The number of piperazine rings is 1. The second-order valence-corrected chi connectivity index (χ2v) is 8.87. The lowest BCUT2D eigenvalue weighted by molar-refractivity contribution is -0.117. The van der Waals surface area contributed by atoms with Gasteiger partial charge in [0.25, 0.3) is 0 Å². The molecule has 0 aliphatic carbocycles. The lowest BCUT2D eigenvalue weighted by atomic mass is 10.1. The van der Waals surface area contributed by atoms with Crippen LogP contribution in [0, 0.1) is 13.8 Å². The molecule has 6 nitrogen and oxygen atoms in total. The number of carbonyl (C=O) groups excluding carboxylic acids is 2. The Labute approximate surface area is 188 Å². The van der Waals surface area contributed by atoms with Crippen LogP contribution in [0.15, 0.2) is 36.4 Å². The van der Waals surface area contributed by atoms with E-state index in [0.29, 0.717) is 23.7 Å². The number of thiophene rings is 1. The first kappa shape index (κ1) is 23.2. The Kier molecular flexibility index (Phi) is 8.40. The van der Waals surface area contributed by atoms with Gasteiger partial charge in [-0.3, -0.25) is 14.6 Å². The van der Waals surface area contributed by atoms with E-state index in [1.54, 1.807) is 6.92 Å². The number of carbonyl (C=O) groups is 2. The molecule has 7 heteroatoms. The lowest BCUT2D eigenvalue weighted by Gasteiger charge is -2.33. The Bertz CT molecular complexity index is 916. The minimum atomic E-state index is -0.378. The number of nitrogens with zero attached hydrogens (tertiary/aromatic N) is 2. The maximum Gasteiger partial charge on any atom is 0.341 e. The number of hydrogen-bond donors (Lipinski definition) is 1. The molecule has 2 heterocycles. The molecule has 3 rings (SSSR count). The van der Waals surface area contributed by atoms with Crippen LogP contribution < -0.4 is 5.32 Å². The second kappa shape index (κ2) is 11.2. The highest BCUT2D eigenvalue weighted by molar-refractivity contribution is 7.16. The molecule has 1 fully saturated rings. The third-order valence-corrected chi connectivity index (χ3v) is 6.55. The Morgan fingerprint density at radius 1 is 1.10 bits per heavy atom. The van der Waals surface area contributed by atoms with Gasteiger partial charge in [0, 0.05) is 37.6 Å². The molecule has 1 aliphatic rings. The van der Waals surface area contributed by atoms with Gasteiger partial charge in [-0.05, 0) is 31.9 Å². The summed E-state index contributed by atoms with van der Waals surface area (Å²) >= 11 is 1.43. The van der Waals surface area contributed by atoms with E-state index in [2.05, 4.69) is 39.4 Å². The molecule has 1 aromatic carbocycles. The summed E-state index contributed by atoms with van der Waals surface area (Å²) in [6, 6.07) is 10.3. The molecule has 1 N–H and O–H groups in total. The largest absolute Gasteiger partial charge is 0.462 e. The molecule has 31 heavy (non-hydrogen) atoms. The Balaban J connectivity index is 1.47. The van der Waals surface area contributed by atoms with Crippen molar-refractivity contribution in [2.45, 2.75) is 20.8 Å². The van der Waals surface area contributed by atoms with E-state index in [1.807, 2.05) is 32.0 Å². The Hall–Kier alpha value is -2.48. The van der Waals surface area contributed by atoms with Gasteiger partial charge in [0.2, 0.25) is 5.91 Å². The quantitative estimate of drug-likeness (QED) is 0.631. The van der Waals surface area contributed by atoms with Gasteiger partial charge in [-0.25, -0.2) is 4.79 Å². The smallest absolute Gasteiger partial charge is 0.341 e. The monoisotopic (exact) mass is 441 g/mol. The maximum atomic E-state index is 12.6. The summed E-state index contributed by atoms with van der Waals surface area (Å²) in [5, 5.41) is 3.52. The van der Waals surface area contributed by atoms with Crippen LogP contribution in [-0.4, -0.2) is 67.6 Å². The van der Waals surface area contributed by atoms with Gasteiger partial charge in [0.05, 0.1) is 18.7 Å². The molecule has 1 amide bonds. The molecule has 0 atom stereocenters. The molecule has 2 aromatic rings. The van der Waals surface area contributed by atoms with Gasteiger partial charge in [0.15, 0.2) is 0 Å². The van der Waals surface area contributed by atoms with Crippen LogP contribution in [0.2, 0.25) is 0 Å². The van der Waals surface area contributed by atoms with Crippen LogP contribution in [-0.2, 0) is 9.53 Å². The summed E-state index contributed by atoms with van der Waals surface area (Å²) in [5.41, 5.74) is 2.56. The molecule has 166 valence electrons. The predicted molar refractivity (Wildman–Crippen MR) is 127 cm³/mol. The van der Waals surface area contributed by atoms with E-state index < -0.39 is 0 Å². The van der Waals surface area contributed by atoms with Gasteiger partial charge in [-0.2, -0.15) is 0 Å². The van der Waals surface area contributed by atoms with Crippen molar-refractivity contribution in [3.63, 3.8) is 0 Å². The average Bonchev–Trinajstić information content (AvgIpc) is 3.03. The minimum Gasteiger partial charge on any atom is -0.462 e. The molecule has 0 unspecified atom stereocenters. The van der Waals surface area contributed by atoms with E-state index in [-0.39, 0.29) is 11.9 Å². The van der Waals surface area contributed by atoms with E-state index >= 15 is 0 Å². The highest BCUT2D eigenvalue weighted by Gasteiger charge is 2.23. The number of esters is 1. The van der Waals surface area contributed by atoms with Crippen molar-refractivity contribution in [3.05, 3.63) is 58.0 Å². The van der Waals surface area contributed by atoms with E-state index in [0.717, 1.165) is 43.2 Å². The van der Waals surface area contributed by atoms with Crippen LogP contribution >= 0.6 is 11.3 Å². The summed E-state index contributed by atoms with van der Waals surface area (Å²) in [7, 11) is 0. The average molecular weight is 442 g/mol. The standard InChI is InChI=1S/C24H31N3O3S/c1-4-30-24(29)22-18(2)19(3)31-23(22)25-21(28)17-27-15-13-26(14-16-27)12-8-11-20-9-6-5-7-10-20/h5-11H,4,12-17H2,1-3H3,(H,25,28)/b11-8+. The molecule has 0 bridgehead atoms. The highest BCUT2D eigenvalue weighted by atomic mass is 32.1. The van der Waals surface area contributed by atoms with Crippen LogP contribution in [0.3, 0.4) is 0 Å². The van der Waals surface area contributed by atoms with Crippen molar-refractivity contribution in [2.24, 2.45) is 0 Å². The number of hydrogen-bond acceptors (Lipinski definition) is 6. The third kappa shape index (κ3) is 6.50. The minimum absolute atomic E-state index is 0.0933. The fraction of sp³-hybridized carbons (Fsp3) is 0.417. The molecule has 0 spiro atoms. The molecular weight excluding hydrogens is 410 g/mol. The van der Waals surface area contributed by atoms with Crippen molar-refractivity contribution in [2.75, 3.05) is 51.2 Å². The molecule has 1 aliphatic heterocycles. The Morgan fingerprint density at radius 3 is 2.45 bits per heavy atom. The zero-order chi connectivity index (χ0) is 22.2. The number of rotatable bonds is 8. The van der Waals surface area contributed by atoms with Crippen molar-refractivity contribution in [1.29, 1.82) is 0 Å². The fourth-order valence-electron chi connectivity index (χ4n) is 3.57. The predicted octanol–water partition coefficient (Wildman–Crippen LogP) is 3.81. The number of amides is 1. The van der Waals surface area contributed by atoms with E-state index in [9.17, 15) is 9.59 Å². The zero-order valence-electron chi connectivity index (χ0n) is 18.5. The second-order valence-electron chi connectivity index (χ2n) is 7.65. The van der Waals surface area contributed by atoms with E-state index in [1.165, 1.54) is 16.9 Å². The zero-order valence-corrected chi connectivity index (χ0v) is 19.3. The molecule has 0 saturated carbocycles. The van der Waals surface area contributed by atoms with Gasteiger partial charge < -0.3 is 10.1 Å². The number of aryl methyl sites for hydroxylation is 1. The molecule has 0 radical (unpaired) electrons. The Morgan fingerprint density at radius 2 is 1.77 bits per heavy atom. The summed E-state index contributed by atoms with van der Waals surface area (Å²) in [6.45, 7) is 10.7. The number of nitrogens with one attached hydrogen (secondary N) is 1. The van der Waals surface area contributed by atoms with Crippen LogP contribution in [0.25, 0.3) is 6.08 Å². The summed E-state index contributed by atoms with van der Waals surface area (Å²) in [6.07, 6.45) is 4.34. The van der Waals surface area contributed by atoms with E-state index in [4.69, 9.17) is 4.74 Å². The van der Waals surface area contributed by atoms with Crippen molar-refractivity contribution < 1.29 is 14.3 Å². The maximum absolute atomic E-state index is 12.6. The first-order chi connectivity index (χ1) is 15.0. The number of anilines is 1. The van der Waals surface area contributed by atoms with Crippen LogP contribution in [0.1, 0.15) is 33.3 Å². The normalized spacial score (nSPS) is 15.3. The van der Waals surface area contributed by atoms with Crippen molar-refractivity contribution in [1.82, 2.24) is 9.80 Å². The van der Waals surface area contributed by atoms with Crippen molar-refractivity contribution >= 4 is 34.3 Å². The van der Waals surface area contributed by atoms with Gasteiger partial charge in [0.1, 0.15) is 5.00 Å². The van der Waals surface area contributed by atoms with Crippen molar-refractivity contribution in [3.8, 4) is 0 Å². The number of benzene rings is 1. The third-order valence-electron chi connectivity index (χ3n) is 5.42. The topological polar surface area (TPSA) is 61.9 Å². The first-order valence-electron chi connectivity index (χ1n) is 10.7. The van der Waals surface area contributed by atoms with Crippen LogP contribution in [0.4, 0.5) is 5.00 Å². The highest BCUT2D eigenvalue weighted by Crippen LogP contribution is 2.33. The summed E-state index contributed by atoms with van der Waals surface area (Å²) in [5.74, 6) is -0.471. The fourth-order valence-corrected chi connectivity index (χ4v) is 4.63. The summed E-state index contributed by atoms with van der Waals surface area (Å²) in [4.78, 5) is 30.5. The van der Waals surface area contributed by atoms with Gasteiger partial charge in [-0.15, -0.1) is 11.3 Å². The summed E-state index contributed by atoms with van der Waals surface area (Å²) < 4.78 is 5.16. The molecular formula is C24H31N3O3S. The first-order valence-corrected chi connectivity index (χ1v) is 11.5. The molecule has 1 aromatic heterocycles. The SMILES string of the molecule is CCOC(=O)c1c(NC(=O)CN2CCN(C/C=C/c3ccccc3)CC2)sc(C)c1C. The van der Waals surface area contributed by atoms with Crippen LogP contribution in [0.5, 0.6) is 0 Å². The van der Waals surface area contributed by atoms with Gasteiger partial charge >= 0.3 is 5.97 Å². The number of ether oxygens (including phenoxy) is 1.